The van der Waals surface area contributed by atoms with Gasteiger partial charge in [-0.05, 0) is 49.7 Å². The van der Waals surface area contributed by atoms with Gasteiger partial charge in [0, 0.05) is 54.4 Å². The van der Waals surface area contributed by atoms with Crippen LogP contribution in [0.5, 0.6) is 5.75 Å². The average molecular weight is 548 g/mol. The van der Waals surface area contributed by atoms with Crippen molar-refractivity contribution in [2.45, 2.75) is 26.0 Å². The van der Waals surface area contributed by atoms with Crippen LogP contribution < -0.4 is 15.5 Å². The van der Waals surface area contributed by atoms with Gasteiger partial charge in [-0.15, -0.1) is 0 Å². The van der Waals surface area contributed by atoms with Gasteiger partial charge in [0.05, 0.1) is 24.6 Å². The summed E-state index contributed by atoms with van der Waals surface area (Å²) in [7, 11) is 0. The van der Waals surface area contributed by atoms with Crippen molar-refractivity contribution in [3.8, 4) is 5.75 Å². The number of fused-ring (bicyclic) bond motifs is 1. The maximum Gasteiger partial charge on any atom is 0.320 e. The molecule has 3 heterocycles. The molecule has 2 aliphatic heterocycles. The Balaban J connectivity index is 1.20. The molecule has 4 amide bonds. The first-order chi connectivity index (χ1) is 19.4. The van der Waals surface area contributed by atoms with Crippen LogP contribution in [0.3, 0.4) is 0 Å². The molecule has 5 rings (SSSR count). The Labute approximate surface area is 232 Å². The highest BCUT2D eigenvalue weighted by Crippen LogP contribution is 2.23. The first-order valence-corrected chi connectivity index (χ1v) is 13.4. The Bertz CT molecular complexity index is 1380. The second-order valence-electron chi connectivity index (χ2n) is 10.0. The molecular formula is C29H33N5O6. The lowest BCUT2D eigenvalue weighted by Crippen LogP contribution is -2.59. The summed E-state index contributed by atoms with van der Waals surface area (Å²) in [6, 6.07) is 16.0. The van der Waals surface area contributed by atoms with Crippen molar-refractivity contribution in [1.82, 2.24) is 25.6 Å². The number of amides is 4. The second-order valence-corrected chi connectivity index (χ2v) is 10.0. The molecule has 0 saturated carbocycles. The summed E-state index contributed by atoms with van der Waals surface area (Å²) in [5.41, 5.74) is 4.94. The monoisotopic (exact) mass is 547 g/mol. The van der Waals surface area contributed by atoms with Crippen LogP contribution in [0, 0.1) is 12.8 Å². The van der Waals surface area contributed by atoms with Crippen molar-refractivity contribution in [3.63, 3.8) is 0 Å². The number of ether oxygens (including phenoxy) is 2. The number of carbonyl (C=O) groups is 3. The molecule has 0 unspecified atom stereocenters. The quantitative estimate of drug-likeness (QED) is 0.319. The maximum absolute atomic E-state index is 13.1. The lowest BCUT2D eigenvalue weighted by Gasteiger charge is -2.40. The molecule has 11 heteroatoms. The van der Waals surface area contributed by atoms with Gasteiger partial charge >= 0.3 is 6.03 Å². The van der Waals surface area contributed by atoms with E-state index in [1.54, 1.807) is 39.5 Å². The molecule has 2 aliphatic rings. The molecule has 3 N–H and O–H groups in total. The van der Waals surface area contributed by atoms with Crippen LogP contribution in [0.1, 0.15) is 28.0 Å². The van der Waals surface area contributed by atoms with Crippen molar-refractivity contribution in [2.24, 2.45) is 5.92 Å². The molecular weight excluding hydrogens is 514 g/mol. The minimum atomic E-state index is -0.797. The van der Waals surface area contributed by atoms with Crippen LogP contribution in [0.2, 0.25) is 0 Å². The van der Waals surface area contributed by atoms with Gasteiger partial charge in [-0.3, -0.25) is 19.8 Å². The van der Waals surface area contributed by atoms with Crippen LogP contribution >= 0.6 is 0 Å². The van der Waals surface area contributed by atoms with Crippen LogP contribution in [0.4, 0.5) is 4.79 Å². The summed E-state index contributed by atoms with van der Waals surface area (Å²) in [5, 5.41) is 13.3. The summed E-state index contributed by atoms with van der Waals surface area (Å²) < 4.78 is 11.3. The molecule has 0 spiro atoms. The third kappa shape index (κ3) is 6.16. The number of nitrogens with one attached hydrogen (secondary N) is 2. The van der Waals surface area contributed by atoms with E-state index in [0.717, 1.165) is 22.2 Å². The Morgan fingerprint density at radius 2 is 1.80 bits per heavy atom. The number of para-hydroxylation sites is 1. The maximum atomic E-state index is 13.1. The summed E-state index contributed by atoms with van der Waals surface area (Å²) in [4.78, 5) is 46.3. The van der Waals surface area contributed by atoms with Crippen molar-refractivity contribution in [1.29, 1.82) is 0 Å². The summed E-state index contributed by atoms with van der Waals surface area (Å²) in [6.45, 7) is 4.70. The number of aryl methyl sites for hydroxylation is 1. The molecule has 1 aromatic heterocycles. The van der Waals surface area contributed by atoms with Gasteiger partial charge in [0.15, 0.2) is 0 Å². The summed E-state index contributed by atoms with van der Waals surface area (Å²) in [5.74, 6) is -1.18. The fourth-order valence-electron chi connectivity index (χ4n) is 5.23. The van der Waals surface area contributed by atoms with Gasteiger partial charge in [0.2, 0.25) is 5.91 Å². The third-order valence-electron chi connectivity index (χ3n) is 7.37. The zero-order valence-electron chi connectivity index (χ0n) is 22.3. The minimum Gasteiger partial charge on any atom is -0.489 e. The number of pyridine rings is 1. The highest BCUT2D eigenvalue weighted by molar-refractivity contribution is 5.95. The molecule has 11 nitrogen and oxygen atoms in total. The predicted octanol–water partition coefficient (Wildman–Crippen LogP) is 2.50. The van der Waals surface area contributed by atoms with E-state index >= 15 is 0 Å². The van der Waals surface area contributed by atoms with E-state index in [1.165, 1.54) is 0 Å². The van der Waals surface area contributed by atoms with E-state index in [0.29, 0.717) is 57.2 Å². The predicted molar refractivity (Wildman–Crippen MR) is 146 cm³/mol. The van der Waals surface area contributed by atoms with Crippen LogP contribution in [-0.4, -0.2) is 83.3 Å². The van der Waals surface area contributed by atoms with Crippen molar-refractivity contribution >= 4 is 28.7 Å². The fourth-order valence-corrected chi connectivity index (χ4v) is 5.23. The second kappa shape index (κ2) is 12.3. The summed E-state index contributed by atoms with van der Waals surface area (Å²) >= 11 is 0. The van der Waals surface area contributed by atoms with E-state index in [-0.39, 0.29) is 18.5 Å². The first kappa shape index (κ1) is 27.4. The first-order valence-electron chi connectivity index (χ1n) is 13.4. The number of urea groups is 1. The van der Waals surface area contributed by atoms with Gasteiger partial charge in [-0.2, -0.15) is 0 Å². The van der Waals surface area contributed by atoms with E-state index in [2.05, 4.69) is 10.3 Å². The zero-order chi connectivity index (χ0) is 28.1. The van der Waals surface area contributed by atoms with Gasteiger partial charge in [-0.25, -0.2) is 10.3 Å². The third-order valence-corrected chi connectivity index (χ3v) is 7.37. The number of hydrogen-bond donors (Lipinski definition) is 3. The molecule has 40 heavy (non-hydrogen) atoms. The van der Waals surface area contributed by atoms with Crippen LogP contribution in [0.25, 0.3) is 10.9 Å². The van der Waals surface area contributed by atoms with E-state index in [4.69, 9.17) is 9.47 Å². The number of morpholine rings is 1. The Hall–Kier alpha value is -4.22. The molecule has 2 atom stereocenters. The number of nitrogens with zero attached hydrogens (tertiary/aromatic N) is 3. The van der Waals surface area contributed by atoms with Gasteiger partial charge in [0.1, 0.15) is 12.4 Å². The normalized spacial score (nSPS) is 19.2. The largest absolute Gasteiger partial charge is 0.489 e. The van der Waals surface area contributed by atoms with Crippen molar-refractivity contribution in [2.75, 3.05) is 39.4 Å². The molecule has 210 valence electrons. The van der Waals surface area contributed by atoms with E-state index in [1.807, 2.05) is 37.3 Å². The molecule has 2 fully saturated rings. The number of likely N-dealkylation sites (tertiary alicyclic amines) is 1. The standard InChI is InChI=1S/C29H33N5O6/c1-19-16-21(23-4-2-3-5-25(23)30-19)18-40-22-8-6-20(7-9-22)27(35)31-26-10-11-34(17-24(26)28(36)32-38)29(37)33-12-14-39-15-13-33/h2-9,16,24,26,38H,10-15,17-18H2,1H3,(H,31,35)(H,32,36)/t24-,26+/m0/s1. The topological polar surface area (TPSA) is 133 Å². The Morgan fingerprint density at radius 3 is 2.55 bits per heavy atom. The lowest BCUT2D eigenvalue weighted by atomic mass is 9.91. The molecule has 0 radical (unpaired) electrons. The highest BCUT2D eigenvalue weighted by atomic mass is 16.5. The number of benzene rings is 2. The number of aromatic nitrogens is 1. The van der Waals surface area contributed by atoms with Gasteiger partial charge < -0.3 is 24.6 Å². The van der Waals surface area contributed by atoms with Crippen LogP contribution in [-0.2, 0) is 16.1 Å². The molecule has 2 aromatic carbocycles. The number of rotatable bonds is 6. The molecule has 0 aliphatic carbocycles. The van der Waals surface area contributed by atoms with Gasteiger partial charge in [0.25, 0.3) is 5.91 Å². The number of hydroxylamine groups is 1. The zero-order valence-corrected chi connectivity index (χ0v) is 22.3. The average Bonchev–Trinajstić information content (AvgIpc) is 2.99. The van der Waals surface area contributed by atoms with E-state index in [9.17, 15) is 19.6 Å². The van der Waals surface area contributed by atoms with E-state index < -0.39 is 17.9 Å². The molecule has 2 saturated heterocycles. The van der Waals surface area contributed by atoms with Crippen molar-refractivity contribution < 1.29 is 29.1 Å². The van der Waals surface area contributed by atoms with Crippen molar-refractivity contribution in [3.05, 3.63) is 71.4 Å². The SMILES string of the molecule is Cc1cc(COc2ccc(C(=O)N[C@@H]3CCN(C(=O)N4CCOCC4)C[C@@H]3C(=O)NO)cc2)c2ccccc2n1. The fraction of sp³-hybridized carbons (Fsp3) is 0.379. The van der Waals surface area contributed by atoms with Crippen LogP contribution in [0.15, 0.2) is 54.6 Å². The number of hydrogen-bond acceptors (Lipinski definition) is 7. The highest BCUT2D eigenvalue weighted by Gasteiger charge is 2.38. The number of carbonyl (C=O) groups excluding carboxylic acids is 3. The summed E-state index contributed by atoms with van der Waals surface area (Å²) in [6.07, 6.45) is 0.375. The van der Waals surface area contributed by atoms with Gasteiger partial charge in [-0.1, -0.05) is 18.2 Å². The minimum absolute atomic E-state index is 0.0868. The Morgan fingerprint density at radius 1 is 1.05 bits per heavy atom. The number of piperidine rings is 1. The Kier molecular flexibility index (Phi) is 8.42. The smallest absolute Gasteiger partial charge is 0.320 e. The lowest BCUT2D eigenvalue weighted by molar-refractivity contribution is -0.135. The molecule has 3 aromatic rings. The molecule has 0 bridgehead atoms.